The highest BCUT2D eigenvalue weighted by atomic mass is 35.7. The Morgan fingerprint density at radius 1 is 1.09 bits per heavy atom. The summed E-state index contributed by atoms with van der Waals surface area (Å²) in [5.41, 5.74) is 1.72. The van der Waals surface area contributed by atoms with E-state index in [1.54, 1.807) is 0 Å². The Balaban J connectivity index is 0.000000338. The van der Waals surface area contributed by atoms with Crippen LogP contribution >= 0.6 is 0 Å². The second kappa shape index (κ2) is 6.48. The van der Waals surface area contributed by atoms with Crippen molar-refractivity contribution in [1.82, 2.24) is 9.97 Å². The van der Waals surface area contributed by atoms with Crippen LogP contribution in [-0.4, -0.2) is 46.3 Å². The first-order valence-corrected chi connectivity index (χ1v) is 7.52. The van der Waals surface area contributed by atoms with Gasteiger partial charge in [0.05, 0.1) is 32.2 Å². The Labute approximate surface area is 133 Å². The Bertz CT molecular complexity index is 668. The minimum Gasteiger partial charge on any atom is -0.411 e. The van der Waals surface area contributed by atoms with E-state index in [1.165, 1.54) is 6.21 Å². The van der Waals surface area contributed by atoms with Crippen molar-refractivity contribution in [2.24, 2.45) is 5.16 Å². The molecule has 0 saturated carbocycles. The average Bonchev–Trinajstić information content (AvgIpc) is 2.69. The van der Waals surface area contributed by atoms with Crippen LogP contribution in [0.15, 0.2) is 29.4 Å². The van der Waals surface area contributed by atoms with Crippen molar-refractivity contribution in [1.29, 1.82) is 0 Å². The van der Waals surface area contributed by atoms with Crippen molar-refractivity contribution >= 4 is 28.9 Å². The van der Waals surface area contributed by atoms with Gasteiger partial charge in [0, 0.05) is 14.1 Å². The number of fused-ring (bicyclic) bond motifs is 2. The summed E-state index contributed by atoms with van der Waals surface area (Å²) in [5.74, 6) is 1.59. The molecule has 23 heavy (non-hydrogen) atoms. The second-order valence-electron chi connectivity index (χ2n) is 4.66. The summed E-state index contributed by atoms with van der Waals surface area (Å²) >= 11 is 0. The molecule has 3 rings (SSSR count). The molecule has 124 valence electrons. The third-order valence-corrected chi connectivity index (χ3v) is 3.20. The summed E-state index contributed by atoms with van der Waals surface area (Å²) in [6.45, 7) is 0. The van der Waals surface area contributed by atoms with Gasteiger partial charge in [0.1, 0.15) is 6.17 Å². The van der Waals surface area contributed by atoms with Crippen molar-refractivity contribution < 1.29 is 34.1 Å². The van der Waals surface area contributed by atoms with Gasteiger partial charge in [-0.15, -0.1) is 0 Å². The number of hydrogen-bond acceptors (Lipinski definition) is 10. The van der Waals surface area contributed by atoms with Crippen molar-refractivity contribution in [3.05, 3.63) is 24.3 Å². The van der Waals surface area contributed by atoms with E-state index < -0.39 is 10.2 Å². The highest BCUT2D eigenvalue weighted by Crippen LogP contribution is 2.34. The predicted molar refractivity (Wildman–Crippen MR) is 72.6 cm³/mol. The van der Waals surface area contributed by atoms with Crippen molar-refractivity contribution in [3.8, 4) is 0 Å². The minimum atomic E-state index is -4.69. The topological polar surface area (TPSA) is 154 Å². The molecule has 1 aromatic heterocycles. The molecule has 2 heterocycles. The SMILES string of the molecule is CN1c2nc3ccccc3nc2N(C)C1/C=N\O.[O-][Cl+3]([O-])([O-])O. The lowest BCUT2D eigenvalue weighted by molar-refractivity contribution is -1.92. The zero-order valence-electron chi connectivity index (χ0n) is 12.2. The van der Waals surface area contributed by atoms with Gasteiger partial charge in [-0.25, -0.2) is 9.97 Å². The van der Waals surface area contributed by atoms with E-state index in [1.807, 2.05) is 48.2 Å². The quantitative estimate of drug-likeness (QED) is 0.317. The molecular formula is C12H14ClN5O5. The van der Waals surface area contributed by atoms with E-state index in [4.69, 9.17) is 23.8 Å². The Hall–Kier alpha value is -2.24. The van der Waals surface area contributed by atoms with Crippen LogP contribution in [0.4, 0.5) is 11.6 Å². The maximum Gasteiger partial charge on any atom is 0.174 e. The summed E-state index contributed by atoms with van der Waals surface area (Å²) in [7, 11) is -0.893. The van der Waals surface area contributed by atoms with Crippen molar-refractivity contribution in [2.75, 3.05) is 23.9 Å². The lowest BCUT2D eigenvalue weighted by Gasteiger charge is -2.21. The molecule has 0 amide bonds. The third kappa shape index (κ3) is 3.94. The summed E-state index contributed by atoms with van der Waals surface area (Å²) < 4.78 is 32.7. The molecule has 10 nitrogen and oxygen atoms in total. The molecule has 1 aromatic carbocycles. The van der Waals surface area contributed by atoms with Gasteiger partial charge in [0.25, 0.3) is 0 Å². The number of hydrogen-bond donors (Lipinski definition) is 2. The van der Waals surface area contributed by atoms with Gasteiger partial charge in [0.2, 0.25) is 0 Å². The van der Waals surface area contributed by atoms with Crippen LogP contribution in [0, 0.1) is 10.2 Å². The van der Waals surface area contributed by atoms with Crippen LogP contribution in [-0.2, 0) is 0 Å². The van der Waals surface area contributed by atoms with E-state index in [9.17, 15) is 0 Å². The molecular weight excluding hydrogens is 330 g/mol. The molecule has 1 aliphatic rings. The number of oxime groups is 1. The first-order valence-electron chi connectivity index (χ1n) is 6.25. The van der Waals surface area contributed by atoms with Crippen LogP contribution in [0.1, 0.15) is 0 Å². The van der Waals surface area contributed by atoms with E-state index in [0.29, 0.717) is 0 Å². The summed E-state index contributed by atoms with van der Waals surface area (Å²) in [6, 6.07) is 7.75. The van der Waals surface area contributed by atoms with Crippen LogP contribution in [0.3, 0.4) is 0 Å². The van der Waals surface area contributed by atoms with Gasteiger partial charge in [0.15, 0.2) is 11.6 Å². The van der Waals surface area contributed by atoms with Gasteiger partial charge in [-0.1, -0.05) is 17.3 Å². The maximum atomic E-state index is 8.71. The summed E-state index contributed by atoms with van der Waals surface area (Å²) in [6.07, 6.45) is 1.29. The molecule has 0 spiro atoms. The van der Waals surface area contributed by atoms with Gasteiger partial charge < -0.3 is 15.0 Å². The number of halogens is 1. The minimum absolute atomic E-state index is 0.165. The van der Waals surface area contributed by atoms with E-state index in [0.717, 1.165) is 22.7 Å². The molecule has 1 aliphatic heterocycles. The van der Waals surface area contributed by atoms with Gasteiger partial charge in [-0.3, -0.25) is 0 Å². The van der Waals surface area contributed by atoms with E-state index in [2.05, 4.69) is 15.1 Å². The molecule has 2 N–H and O–H groups in total. The highest BCUT2D eigenvalue weighted by molar-refractivity contribution is 5.88. The molecule has 0 aliphatic carbocycles. The van der Waals surface area contributed by atoms with E-state index >= 15 is 0 Å². The molecule has 2 aromatic rings. The third-order valence-electron chi connectivity index (χ3n) is 3.20. The number of anilines is 2. The van der Waals surface area contributed by atoms with Crippen molar-refractivity contribution in [2.45, 2.75) is 6.17 Å². The van der Waals surface area contributed by atoms with Crippen LogP contribution in [0.2, 0.25) is 0 Å². The van der Waals surface area contributed by atoms with Crippen LogP contribution in [0.25, 0.3) is 11.0 Å². The number of benzene rings is 1. The van der Waals surface area contributed by atoms with Crippen molar-refractivity contribution in [3.63, 3.8) is 0 Å². The van der Waals surface area contributed by atoms with Gasteiger partial charge in [-0.2, -0.15) is 14.0 Å². The first kappa shape index (κ1) is 17.1. The fourth-order valence-electron chi connectivity index (χ4n) is 2.22. The van der Waals surface area contributed by atoms with Gasteiger partial charge in [-0.05, 0) is 12.1 Å². The Kier molecular flexibility index (Phi) is 4.82. The fraction of sp³-hybridized carbons (Fsp3) is 0.250. The smallest absolute Gasteiger partial charge is 0.174 e. The summed E-state index contributed by atoms with van der Waals surface area (Å²) in [4.78, 5) is 13.0. The van der Waals surface area contributed by atoms with E-state index in [-0.39, 0.29) is 6.17 Å². The van der Waals surface area contributed by atoms with Gasteiger partial charge >= 0.3 is 0 Å². The Morgan fingerprint density at radius 3 is 1.83 bits per heavy atom. The second-order valence-corrected chi connectivity index (χ2v) is 5.45. The molecule has 0 atom stereocenters. The molecule has 0 unspecified atom stereocenters. The number of rotatable bonds is 1. The Morgan fingerprint density at radius 2 is 1.48 bits per heavy atom. The number of nitrogens with zero attached hydrogens (tertiary/aromatic N) is 5. The van der Waals surface area contributed by atoms with Crippen LogP contribution in [0.5, 0.6) is 0 Å². The zero-order chi connectivity index (χ0) is 17.2. The highest BCUT2D eigenvalue weighted by Gasteiger charge is 2.33. The zero-order valence-corrected chi connectivity index (χ0v) is 13.0. The molecule has 11 heteroatoms. The molecule has 0 radical (unpaired) electrons. The lowest BCUT2D eigenvalue weighted by atomic mass is 10.3. The lowest BCUT2D eigenvalue weighted by Crippen LogP contribution is -2.58. The fourth-order valence-corrected chi connectivity index (χ4v) is 2.22. The number of para-hydroxylation sites is 2. The largest absolute Gasteiger partial charge is 0.411 e. The molecule has 0 bridgehead atoms. The predicted octanol–water partition coefficient (Wildman–Crippen LogP) is -2.82. The monoisotopic (exact) mass is 343 g/mol. The standard InChI is InChI=1S/C12H13N5O.ClHO4/c1-16-10(7-13-18)17(2)12-11(16)14-8-5-3-4-6-9(8)15-12;2-1(3,4)5/h3-7,10,18H,1-2H3;(H,2,3,4,5)/b13-7-;. The maximum absolute atomic E-state index is 8.71. The molecule has 0 saturated heterocycles. The summed E-state index contributed by atoms with van der Waals surface area (Å²) in [5, 5.41) is 11.8. The normalized spacial score (nSPS) is 15.0. The first-order chi connectivity index (χ1) is 10.7. The number of aromatic nitrogens is 2. The molecule has 0 fully saturated rings. The van der Waals surface area contributed by atoms with Crippen LogP contribution < -0.4 is 23.8 Å². The average molecular weight is 344 g/mol.